The van der Waals surface area contributed by atoms with Gasteiger partial charge in [0.1, 0.15) is 0 Å². The molecule has 0 bridgehead atoms. The summed E-state index contributed by atoms with van der Waals surface area (Å²) in [4.78, 5) is 1.07. The Morgan fingerprint density at radius 3 is 2.40 bits per heavy atom. The molecule has 0 aromatic heterocycles. The second kappa shape index (κ2) is 8.98. The number of alkyl halides is 3. The summed E-state index contributed by atoms with van der Waals surface area (Å²) in [7, 11) is 0. The minimum atomic E-state index is -4.51. The van der Waals surface area contributed by atoms with E-state index < -0.39 is 11.7 Å². The van der Waals surface area contributed by atoms with Crippen LogP contribution in [-0.2, 0) is 6.18 Å². The fraction of sp³-hybridized carbons (Fsp3) is 0.188. The van der Waals surface area contributed by atoms with E-state index in [4.69, 9.17) is 35.4 Å². The summed E-state index contributed by atoms with van der Waals surface area (Å²) in [5.41, 5.74) is -0.681. The number of hydrogen-bond donors (Lipinski definition) is 2. The monoisotopic (exact) mass is 424 g/mol. The molecule has 2 rings (SSSR count). The zero-order chi connectivity index (χ0) is 18.4. The second-order valence-corrected chi connectivity index (χ2v) is 7.30. The SMILES string of the molecule is FC(F)(F)c1cc(NC(=S)NCCSc2ccc(Cl)cc2)ccc1Cl. The molecule has 2 nitrogen and oxygen atoms in total. The van der Waals surface area contributed by atoms with Gasteiger partial charge in [0.25, 0.3) is 0 Å². The van der Waals surface area contributed by atoms with E-state index in [9.17, 15) is 13.2 Å². The van der Waals surface area contributed by atoms with Gasteiger partial charge in [0.2, 0.25) is 0 Å². The molecule has 0 aliphatic rings. The maximum Gasteiger partial charge on any atom is 0.417 e. The molecule has 9 heteroatoms. The van der Waals surface area contributed by atoms with Crippen molar-refractivity contribution in [3.05, 3.63) is 58.1 Å². The zero-order valence-electron chi connectivity index (χ0n) is 12.7. The number of thioether (sulfide) groups is 1. The molecule has 0 aliphatic carbocycles. The van der Waals surface area contributed by atoms with Crippen LogP contribution in [0, 0.1) is 0 Å². The van der Waals surface area contributed by atoms with Gasteiger partial charge in [-0.15, -0.1) is 11.8 Å². The Kier molecular flexibility index (Phi) is 7.25. The lowest BCUT2D eigenvalue weighted by molar-refractivity contribution is -0.137. The van der Waals surface area contributed by atoms with Crippen LogP contribution in [0.15, 0.2) is 47.4 Å². The van der Waals surface area contributed by atoms with Gasteiger partial charge in [-0.1, -0.05) is 23.2 Å². The molecule has 2 aromatic rings. The molecular weight excluding hydrogens is 412 g/mol. The molecule has 134 valence electrons. The first-order valence-electron chi connectivity index (χ1n) is 7.05. The molecule has 2 aromatic carbocycles. The van der Waals surface area contributed by atoms with Gasteiger partial charge in [-0.25, -0.2) is 0 Å². The molecule has 0 saturated heterocycles. The van der Waals surface area contributed by atoms with Gasteiger partial charge in [0.15, 0.2) is 5.11 Å². The average Bonchev–Trinajstić information content (AvgIpc) is 2.54. The van der Waals surface area contributed by atoms with E-state index >= 15 is 0 Å². The van der Waals surface area contributed by atoms with Gasteiger partial charge >= 0.3 is 6.18 Å². The van der Waals surface area contributed by atoms with E-state index in [1.807, 2.05) is 24.3 Å². The molecule has 0 aliphatic heterocycles. The number of hydrogen-bond acceptors (Lipinski definition) is 2. The van der Waals surface area contributed by atoms with Crippen LogP contribution in [0.1, 0.15) is 5.56 Å². The maximum atomic E-state index is 12.8. The van der Waals surface area contributed by atoms with Crippen molar-refractivity contribution in [3.63, 3.8) is 0 Å². The van der Waals surface area contributed by atoms with Crippen molar-refractivity contribution in [2.45, 2.75) is 11.1 Å². The molecule has 0 heterocycles. The third kappa shape index (κ3) is 6.58. The Morgan fingerprint density at radius 2 is 1.76 bits per heavy atom. The average molecular weight is 425 g/mol. The third-order valence-electron chi connectivity index (χ3n) is 3.00. The van der Waals surface area contributed by atoms with Crippen molar-refractivity contribution in [1.29, 1.82) is 0 Å². The summed E-state index contributed by atoms with van der Waals surface area (Å²) < 4.78 is 38.5. The minimum absolute atomic E-state index is 0.222. The number of benzene rings is 2. The summed E-state index contributed by atoms with van der Waals surface area (Å²) in [5.74, 6) is 0.734. The number of nitrogens with one attached hydrogen (secondary N) is 2. The molecule has 2 N–H and O–H groups in total. The number of halogens is 5. The Morgan fingerprint density at radius 1 is 1.08 bits per heavy atom. The van der Waals surface area contributed by atoms with E-state index in [2.05, 4.69) is 10.6 Å². The first-order valence-corrected chi connectivity index (χ1v) is 9.20. The van der Waals surface area contributed by atoms with E-state index in [-0.39, 0.29) is 15.8 Å². The van der Waals surface area contributed by atoms with E-state index in [1.165, 1.54) is 12.1 Å². The molecule has 0 radical (unpaired) electrons. The third-order valence-corrected chi connectivity index (χ3v) is 4.84. The predicted octanol–water partition coefficient (Wildman–Crippen LogP) is 6.09. The Hall–Kier alpha value is -1.15. The van der Waals surface area contributed by atoms with Crippen LogP contribution < -0.4 is 10.6 Å². The molecule has 0 spiro atoms. The smallest absolute Gasteiger partial charge is 0.362 e. The van der Waals surface area contributed by atoms with Crippen molar-refractivity contribution in [2.75, 3.05) is 17.6 Å². The van der Waals surface area contributed by atoms with Crippen molar-refractivity contribution in [3.8, 4) is 0 Å². The lowest BCUT2D eigenvalue weighted by atomic mass is 10.2. The van der Waals surface area contributed by atoms with Crippen LogP contribution in [0.2, 0.25) is 10.0 Å². The highest BCUT2D eigenvalue weighted by Gasteiger charge is 2.33. The molecule has 0 saturated carbocycles. The van der Waals surface area contributed by atoms with Crippen molar-refractivity contribution >= 4 is 58.0 Å². The minimum Gasteiger partial charge on any atom is -0.362 e. The Labute approximate surface area is 163 Å². The van der Waals surface area contributed by atoms with E-state index in [0.717, 1.165) is 16.7 Å². The Bertz CT molecular complexity index is 737. The summed E-state index contributed by atoms with van der Waals surface area (Å²) in [6, 6.07) is 11.0. The second-order valence-electron chi connectivity index (χ2n) is 4.88. The summed E-state index contributed by atoms with van der Waals surface area (Å²) >= 11 is 18.1. The van der Waals surface area contributed by atoms with Gasteiger partial charge in [-0.2, -0.15) is 13.2 Å². The molecule has 0 fully saturated rings. The molecule has 0 unspecified atom stereocenters. The lowest BCUT2D eigenvalue weighted by Gasteiger charge is -2.14. The first-order chi connectivity index (χ1) is 11.8. The quantitative estimate of drug-likeness (QED) is 0.344. The van der Waals surface area contributed by atoms with E-state index in [1.54, 1.807) is 11.8 Å². The zero-order valence-corrected chi connectivity index (χ0v) is 15.8. The number of thiocarbonyl (C=S) groups is 1. The molecule has 25 heavy (non-hydrogen) atoms. The van der Waals surface area contributed by atoms with Crippen LogP contribution in [0.25, 0.3) is 0 Å². The molecule has 0 atom stereocenters. The van der Waals surface area contributed by atoms with Crippen LogP contribution in [0.3, 0.4) is 0 Å². The summed E-state index contributed by atoms with van der Waals surface area (Å²) in [6.07, 6.45) is -4.51. The predicted molar refractivity (Wildman–Crippen MR) is 103 cm³/mol. The largest absolute Gasteiger partial charge is 0.417 e. The summed E-state index contributed by atoms with van der Waals surface area (Å²) in [6.45, 7) is 0.554. The van der Waals surface area contributed by atoms with Gasteiger partial charge in [-0.05, 0) is 54.7 Å². The topological polar surface area (TPSA) is 24.1 Å². The standard InChI is InChI=1S/C16H13Cl2F3N2S2/c17-10-1-4-12(5-2-10)25-8-7-22-15(24)23-11-3-6-14(18)13(9-11)16(19,20)21/h1-6,9H,7-8H2,(H2,22,23,24). The van der Waals surface area contributed by atoms with Crippen molar-refractivity contribution in [2.24, 2.45) is 0 Å². The highest BCUT2D eigenvalue weighted by Crippen LogP contribution is 2.36. The Balaban J connectivity index is 1.81. The lowest BCUT2D eigenvalue weighted by Crippen LogP contribution is -2.30. The van der Waals surface area contributed by atoms with Crippen molar-refractivity contribution < 1.29 is 13.2 Å². The first kappa shape index (κ1) is 20.2. The normalized spacial score (nSPS) is 11.2. The van der Waals surface area contributed by atoms with Gasteiger partial charge in [-0.3, -0.25) is 0 Å². The van der Waals surface area contributed by atoms with Crippen LogP contribution in [-0.4, -0.2) is 17.4 Å². The fourth-order valence-electron chi connectivity index (χ4n) is 1.86. The number of rotatable bonds is 5. The fourth-order valence-corrected chi connectivity index (χ4v) is 3.20. The van der Waals surface area contributed by atoms with Crippen molar-refractivity contribution in [1.82, 2.24) is 5.32 Å². The number of anilines is 1. The molecule has 0 amide bonds. The van der Waals surface area contributed by atoms with Crippen LogP contribution in [0.5, 0.6) is 0 Å². The maximum absolute atomic E-state index is 12.8. The summed E-state index contributed by atoms with van der Waals surface area (Å²) in [5, 5.41) is 6.23. The highest BCUT2D eigenvalue weighted by atomic mass is 35.5. The van der Waals surface area contributed by atoms with Crippen LogP contribution >= 0.6 is 47.2 Å². The van der Waals surface area contributed by atoms with E-state index in [0.29, 0.717) is 11.6 Å². The van der Waals surface area contributed by atoms with Gasteiger partial charge in [0.05, 0.1) is 10.6 Å². The molecular formula is C16H13Cl2F3N2S2. The van der Waals surface area contributed by atoms with Crippen LogP contribution in [0.4, 0.5) is 18.9 Å². The van der Waals surface area contributed by atoms with Gasteiger partial charge < -0.3 is 10.6 Å². The van der Waals surface area contributed by atoms with Gasteiger partial charge in [0, 0.05) is 27.9 Å². The highest BCUT2D eigenvalue weighted by molar-refractivity contribution is 7.99.